The van der Waals surface area contributed by atoms with Gasteiger partial charge in [-0.05, 0) is 32.0 Å². The van der Waals surface area contributed by atoms with Crippen LogP contribution in [0.4, 0.5) is 5.82 Å². The van der Waals surface area contributed by atoms with Crippen LogP contribution >= 0.6 is 0 Å². The van der Waals surface area contributed by atoms with E-state index in [4.69, 9.17) is 4.98 Å². The van der Waals surface area contributed by atoms with E-state index in [0.29, 0.717) is 11.7 Å². The van der Waals surface area contributed by atoms with Gasteiger partial charge in [0.1, 0.15) is 5.82 Å². The summed E-state index contributed by atoms with van der Waals surface area (Å²) < 4.78 is 1.91. The van der Waals surface area contributed by atoms with Gasteiger partial charge in [0.2, 0.25) is 0 Å². The van der Waals surface area contributed by atoms with E-state index in [0.717, 1.165) is 42.4 Å². The fourth-order valence-electron chi connectivity index (χ4n) is 2.95. The molecule has 4 heterocycles. The Bertz CT molecular complexity index is 853. The maximum Gasteiger partial charge on any atom is 0.155 e. The highest BCUT2D eigenvalue weighted by Crippen LogP contribution is 2.22. The van der Waals surface area contributed by atoms with E-state index in [1.165, 1.54) is 0 Å². The van der Waals surface area contributed by atoms with Crippen molar-refractivity contribution < 1.29 is 5.11 Å². The number of rotatable bonds is 4. The van der Waals surface area contributed by atoms with Crippen molar-refractivity contribution in [1.82, 2.24) is 24.7 Å². The van der Waals surface area contributed by atoms with Crippen LogP contribution in [0.3, 0.4) is 0 Å². The number of nitrogens with one attached hydrogen (secondary N) is 2. The minimum Gasteiger partial charge on any atom is -0.387 e. The van der Waals surface area contributed by atoms with Gasteiger partial charge in [-0.2, -0.15) is 0 Å². The van der Waals surface area contributed by atoms with Crippen LogP contribution in [-0.4, -0.2) is 43.6 Å². The second-order valence-electron chi connectivity index (χ2n) is 6.10. The number of aliphatic hydroxyl groups excluding tert-OH is 1. The Morgan fingerprint density at radius 3 is 3.04 bits per heavy atom. The molecule has 4 rings (SSSR count). The topological polar surface area (TPSA) is 87.4 Å². The van der Waals surface area contributed by atoms with E-state index in [2.05, 4.69) is 20.6 Å². The molecule has 1 aliphatic rings. The van der Waals surface area contributed by atoms with Crippen molar-refractivity contribution in [3.63, 3.8) is 0 Å². The predicted octanol–water partition coefficient (Wildman–Crippen LogP) is 1.62. The summed E-state index contributed by atoms with van der Waals surface area (Å²) in [6, 6.07) is 6.35. The Hall–Kier alpha value is -2.51. The molecule has 3 aromatic heterocycles. The molecule has 124 valence electrons. The van der Waals surface area contributed by atoms with Gasteiger partial charge < -0.3 is 15.7 Å². The van der Waals surface area contributed by atoms with Crippen LogP contribution in [0.25, 0.3) is 17.0 Å². The number of aromatic nitrogens is 4. The number of hydrogen-bond acceptors (Lipinski definition) is 6. The molecule has 2 atom stereocenters. The van der Waals surface area contributed by atoms with E-state index in [1.54, 1.807) is 19.3 Å². The van der Waals surface area contributed by atoms with Crippen LogP contribution in [0.15, 0.2) is 36.8 Å². The Morgan fingerprint density at radius 1 is 1.33 bits per heavy atom. The normalized spacial score (nSPS) is 18.8. The summed E-state index contributed by atoms with van der Waals surface area (Å²) in [7, 11) is 0. The predicted molar refractivity (Wildman–Crippen MR) is 91.7 cm³/mol. The van der Waals surface area contributed by atoms with Gasteiger partial charge in [0.05, 0.1) is 35.6 Å². The van der Waals surface area contributed by atoms with Crippen molar-refractivity contribution in [3.05, 3.63) is 42.5 Å². The van der Waals surface area contributed by atoms with Crippen LogP contribution in [0, 0.1) is 0 Å². The molecule has 7 heteroatoms. The van der Waals surface area contributed by atoms with Crippen molar-refractivity contribution in [1.29, 1.82) is 0 Å². The summed E-state index contributed by atoms with van der Waals surface area (Å²) in [6.07, 6.45) is 5.74. The Kier molecular flexibility index (Phi) is 3.87. The van der Waals surface area contributed by atoms with Crippen LogP contribution in [-0.2, 0) is 0 Å². The molecule has 0 radical (unpaired) electrons. The maximum atomic E-state index is 9.76. The highest BCUT2D eigenvalue weighted by molar-refractivity contribution is 5.61. The first-order valence-corrected chi connectivity index (χ1v) is 8.16. The molecule has 3 aromatic rings. The molecule has 2 unspecified atom stereocenters. The molecule has 0 saturated carbocycles. The smallest absolute Gasteiger partial charge is 0.155 e. The van der Waals surface area contributed by atoms with E-state index < -0.39 is 6.10 Å². The number of nitrogens with zero attached hydrogens (tertiary/aromatic N) is 4. The third kappa shape index (κ3) is 2.83. The molecule has 7 nitrogen and oxygen atoms in total. The van der Waals surface area contributed by atoms with E-state index in [1.807, 2.05) is 28.8 Å². The van der Waals surface area contributed by atoms with Gasteiger partial charge in [0.15, 0.2) is 5.65 Å². The van der Waals surface area contributed by atoms with Crippen molar-refractivity contribution in [2.24, 2.45) is 0 Å². The maximum absolute atomic E-state index is 9.76. The molecule has 0 aromatic carbocycles. The van der Waals surface area contributed by atoms with Crippen molar-refractivity contribution in [3.8, 4) is 11.4 Å². The Morgan fingerprint density at radius 2 is 2.25 bits per heavy atom. The lowest BCUT2D eigenvalue weighted by Gasteiger charge is -2.13. The molecule has 1 aliphatic heterocycles. The number of aliphatic hydroxyl groups is 1. The quantitative estimate of drug-likeness (QED) is 0.676. The summed E-state index contributed by atoms with van der Waals surface area (Å²) in [5.74, 6) is 0.862. The lowest BCUT2D eigenvalue weighted by Crippen LogP contribution is -2.22. The zero-order chi connectivity index (χ0) is 16.5. The molecule has 1 fully saturated rings. The van der Waals surface area contributed by atoms with Gasteiger partial charge in [-0.15, -0.1) is 0 Å². The fraction of sp³-hybridized carbons (Fsp3) is 0.353. The van der Waals surface area contributed by atoms with Crippen LogP contribution < -0.4 is 10.6 Å². The molecule has 1 saturated heterocycles. The van der Waals surface area contributed by atoms with E-state index in [9.17, 15) is 5.11 Å². The SMILES string of the molecule is CC(O)c1cn2c(-c3cccc(NC4CCNC4)n3)cnc2cn1. The second kappa shape index (κ2) is 6.18. The minimum absolute atomic E-state index is 0.418. The van der Waals surface area contributed by atoms with Gasteiger partial charge in [0.25, 0.3) is 0 Å². The van der Waals surface area contributed by atoms with E-state index >= 15 is 0 Å². The lowest BCUT2D eigenvalue weighted by atomic mass is 10.2. The average Bonchev–Trinajstić information content (AvgIpc) is 3.23. The standard InChI is InChI=1S/C17H20N6O/c1-11(24)14-10-23-15(8-20-17(23)9-19-14)13-3-2-4-16(22-13)21-12-5-6-18-7-12/h2-4,8-12,18,24H,5-7H2,1H3,(H,21,22). The van der Waals surface area contributed by atoms with Gasteiger partial charge in [-0.1, -0.05) is 6.07 Å². The van der Waals surface area contributed by atoms with Crippen molar-refractivity contribution in [2.75, 3.05) is 18.4 Å². The van der Waals surface area contributed by atoms with Gasteiger partial charge in [-0.25, -0.2) is 9.97 Å². The molecular weight excluding hydrogens is 304 g/mol. The number of hydrogen-bond donors (Lipinski definition) is 3. The largest absolute Gasteiger partial charge is 0.387 e. The van der Waals surface area contributed by atoms with Gasteiger partial charge in [-0.3, -0.25) is 9.38 Å². The third-order valence-corrected chi connectivity index (χ3v) is 4.27. The first-order chi connectivity index (χ1) is 11.7. The minimum atomic E-state index is -0.625. The number of imidazole rings is 1. The third-order valence-electron chi connectivity index (χ3n) is 4.27. The molecular formula is C17H20N6O. The molecule has 3 N–H and O–H groups in total. The highest BCUT2D eigenvalue weighted by atomic mass is 16.3. The molecule has 24 heavy (non-hydrogen) atoms. The number of pyridine rings is 1. The zero-order valence-corrected chi connectivity index (χ0v) is 13.5. The zero-order valence-electron chi connectivity index (χ0n) is 13.5. The van der Waals surface area contributed by atoms with Crippen molar-refractivity contribution >= 4 is 11.5 Å². The van der Waals surface area contributed by atoms with E-state index in [-0.39, 0.29) is 0 Å². The van der Waals surface area contributed by atoms with Gasteiger partial charge >= 0.3 is 0 Å². The average molecular weight is 324 g/mol. The summed E-state index contributed by atoms with van der Waals surface area (Å²) >= 11 is 0. The number of anilines is 1. The van der Waals surface area contributed by atoms with Crippen LogP contribution in [0.5, 0.6) is 0 Å². The second-order valence-corrected chi connectivity index (χ2v) is 6.10. The first kappa shape index (κ1) is 15.0. The van der Waals surface area contributed by atoms with Gasteiger partial charge in [0, 0.05) is 18.8 Å². The number of fused-ring (bicyclic) bond motifs is 1. The Balaban J connectivity index is 1.70. The fourth-order valence-corrected chi connectivity index (χ4v) is 2.95. The molecule has 0 amide bonds. The highest BCUT2D eigenvalue weighted by Gasteiger charge is 2.15. The van der Waals surface area contributed by atoms with Crippen molar-refractivity contribution in [2.45, 2.75) is 25.5 Å². The molecule has 0 spiro atoms. The summed E-state index contributed by atoms with van der Waals surface area (Å²) in [6.45, 7) is 3.70. The molecule has 0 aliphatic carbocycles. The Labute approximate surface area is 139 Å². The molecule has 0 bridgehead atoms. The summed E-state index contributed by atoms with van der Waals surface area (Å²) in [5, 5.41) is 16.6. The summed E-state index contributed by atoms with van der Waals surface area (Å²) in [4.78, 5) is 13.3. The van der Waals surface area contributed by atoms with Crippen LogP contribution in [0.2, 0.25) is 0 Å². The lowest BCUT2D eigenvalue weighted by molar-refractivity contribution is 0.194. The first-order valence-electron chi connectivity index (χ1n) is 8.16. The summed E-state index contributed by atoms with van der Waals surface area (Å²) in [5.41, 5.74) is 3.05. The van der Waals surface area contributed by atoms with Crippen LogP contribution in [0.1, 0.15) is 25.1 Å². The monoisotopic (exact) mass is 324 g/mol.